The van der Waals surface area contributed by atoms with E-state index in [9.17, 15) is 27.2 Å². The fourth-order valence-corrected chi connectivity index (χ4v) is 4.46. The van der Waals surface area contributed by atoms with E-state index in [0.717, 1.165) is 39.5 Å². The van der Waals surface area contributed by atoms with Gasteiger partial charge in [0.25, 0.3) is 0 Å². The van der Waals surface area contributed by atoms with Crippen molar-refractivity contribution in [3.05, 3.63) is 88.4 Å². The molecular formula is C27H22ClF5N6O4. The first-order valence-corrected chi connectivity index (χ1v) is 12.2. The SMILES string of the molecule is COc1cc(-c2cc(C(F)(F)F)cc3c2n(C)c(=O)n3CC(=O)Nc2cccc(F)c2)cc(F)c1OCc1nnc[nH]1.Cl. The number of H-pyrrole nitrogens is 1. The molecule has 3 aromatic carbocycles. The molecule has 0 atom stereocenters. The van der Waals surface area contributed by atoms with E-state index in [1.807, 2.05) is 0 Å². The Kier molecular flexibility index (Phi) is 8.75. The number of carbonyl (C=O) groups excluding carboxylic acids is 1. The molecule has 0 unspecified atom stereocenters. The van der Waals surface area contributed by atoms with Crippen LogP contribution in [0.25, 0.3) is 22.2 Å². The van der Waals surface area contributed by atoms with Crippen LogP contribution in [0.1, 0.15) is 11.4 Å². The molecule has 0 bridgehead atoms. The van der Waals surface area contributed by atoms with E-state index in [0.29, 0.717) is 0 Å². The average Bonchev–Trinajstić information content (AvgIpc) is 3.54. The lowest BCUT2D eigenvalue weighted by Crippen LogP contribution is -2.28. The van der Waals surface area contributed by atoms with Gasteiger partial charge < -0.3 is 19.8 Å². The summed E-state index contributed by atoms with van der Waals surface area (Å²) in [6.07, 6.45) is -3.55. The zero-order valence-electron chi connectivity index (χ0n) is 22.3. The molecule has 0 spiro atoms. The highest BCUT2D eigenvalue weighted by Gasteiger charge is 2.33. The minimum absolute atomic E-state index is 0. The molecule has 0 aliphatic carbocycles. The van der Waals surface area contributed by atoms with Crippen LogP contribution in [0.4, 0.5) is 27.6 Å². The number of methoxy groups -OCH3 is 1. The highest BCUT2D eigenvalue weighted by atomic mass is 35.5. The number of ether oxygens (including phenoxy) is 2. The van der Waals surface area contributed by atoms with E-state index in [1.54, 1.807) is 0 Å². The quantitative estimate of drug-likeness (QED) is 0.233. The van der Waals surface area contributed by atoms with Crippen molar-refractivity contribution in [3.63, 3.8) is 0 Å². The number of aromatic nitrogens is 5. The van der Waals surface area contributed by atoms with Crippen LogP contribution in [0, 0.1) is 11.6 Å². The number of amides is 1. The number of aromatic amines is 1. The number of nitrogens with one attached hydrogen (secondary N) is 2. The van der Waals surface area contributed by atoms with Gasteiger partial charge in [-0.3, -0.25) is 13.9 Å². The van der Waals surface area contributed by atoms with Crippen molar-refractivity contribution in [1.29, 1.82) is 0 Å². The van der Waals surface area contributed by atoms with Gasteiger partial charge in [0.15, 0.2) is 23.1 Å². The molecule has 0 aliphatic rings. The Hall–Kier alpha value is -4.92. The van der Waals surface area contributed by atoms with Crippen molar-refractivity contribution in [2.75, 3.05) is 12.4 Å². The van der Waals surface area contributed by atoms with Gasteiger partial charge in [0.05, 0.1) is 23.7 Å². The molecule has 2 N–H and O–H groups in total. The number of halogens is 6. The lowest BCUT2D eigenvalue weighted by atomic mass is 9.99. The van der Waals surface area contributed by atoms with Crippen LogP contribution in [0.5, 0.6) is 11.5 Å². The van der Waals surface area contributed by atoms with Crippen LogP contribution in [-0.2, 0) is 31.2 Å². The molecule has 1 amide bonds. The molecule has 0 saturated carbocycles. The number of anilines is 1. The fraction of sp³-hybridized carbons (Fsp3) is 0.185. The van der Waals surface area contributed by atoms with Gasteiger partial charge in [-0.25, -0.2) is 13.6 Å². The number of carbonyl (C=O) groups is 1. The number of benzene rings is 3. The smallest absolute Gasteiger partial charge is 0.416 e. The van der Waals surface area contributed by atoms with Gasteiger partial charge in [0, 0.05) is 18.3 Å². The van der Waals surface area contributed by atoms with Gasteiger partial charge >= 0.3 is 11.9 Å². The lowest BCUT2D eigenvalue weighted by Gasteiger charge is -2.15. The number of fused-ring (bicyclic) bond motifs is 1. The molecule has 0 radical (unpaired) electrons. The van der Waals surface area contributed by atoms with E-state index in [2.05, 4.69) is 20.5 Å². The molecular weight excluding hydrogens is 603 g/mol. The summed E-state index contributed by atoms with van der Waals surface area (Å²) < 4.78 is 83.5. The van der Waals surface area contributed by atoms with Gasteiger partial charge in [-0.15, -0.1) is 22.6 Å². The summed E-state index contributed by atoms with van der Waals surface area (Å²) in [5.74, 6) is -2.51. The van der Waals surface area contributed by atoms with Gasteiger partial charge in [-0.2, -0.15) is 13.2 Å². The Morgan fingerprint density at radius 3 is 2.53 bits per heavy atom. The second-order valence-corrected chi connectivity index (χ2v) is 9.09. The van der Waals surface area contributed by atoms with E-state index < -0.39 is 41.5 Å². The van der Waals surface area contributed by atoms with Gasteiger partial charge in [-0.05, 0) is 48.0 Å². The first-order valence-electron chi connectivity index (χ1n) is 12.2. The summed E-state index contributed by atoms with van der Waals surface area (Å²) in [6, 6.07) is 8.71. The Bertz CT molecular complexity index is 1850. The summed E-state index contributed by atoms with van der Waals surface area (Å²) in [7, 11) is 2.54. The van der Waals surface area contributed by atoms with Gasteiger partial charge in [0.1, 0.15) is 25.3 Å². The monoisotopic (exact) mass is 624 g/mol. The van der Waals surface area contributed by atoms with Crippen molar-refractivity contribution >= 4 is 35.0 Å². The van der Waals surface area contributed by atoms with E-state index in [1.165, 1.54) is 38.7 Å². The predicted molar refractivity (Wildman–Crippen MR) is 147 cm³/mol. The third-order valence-corrected chi connectivity index (χ3v) is 6.33. The van der Waals surface area contributed by atoms with Crippen molar-refractivity contribution < 1.29 is 36.2 Å². The Balaban J connectivity index is 0.00000423. The highest BCUT2D eigenvalue weighted by Crippen LogP contribution is 2.41. The summed E-state index contributed by atoms with van der Waals surface area (Å²) in [6.45, 7) is -0.880. The standard InChI is InChI=1S/C27H21F5N6O4.ClH/c1-37-24-18(14-6-19(29)25(21(7-14)41-2)42-12-22-33-13-34-36-22)8-15(27(30,31)32)9-20(24)38(26(37)40)11-23(39)35-17-5-3-4-16(28)10-17;/h3-10,13H,11-12H2,1-2H3,(H,35,39)(H,33,34,36);1H. The number of rotatable bonds is 8. The average molecular weight is 625 g/mol. The number of aryl methyl sites for hydroxylation is 1. The van der Waals surface area contributed by atoms with Crippen LogP contribution >= 0.6 is 12.4 Å². The summed E-state index contributed by atoms with van der Waals surface area (Å²) in [5, 5.41) is 9.75. The summed E-state index contributed by atoms with van der Waals surface area (Å²) >= 11 is 0. The Morgan fingerprint density at radius 1 is 1.12 bits per heavy atom. The maximum Gasteiger partial charge on any atom is 0.416 e. The number of nitrogens with zero attached hydrogens (tertiary/aromatic N) is 4. The molecule has 10 nitrogen and oxygen atoms in total. The highest BCUT2D eigenvalue weighted by molar-refractivity contribution is 5.96. The number of hydrogen-bond acceptors (Lipinski definition) is 6. The van der Waals surface area contributed by atoms with E-state index in [-0.39, 0.29) is 64.2 Å². The molecule has 16 heteroatoms. The van der Waals surface area contributed by atoms with Crippen molar-refractivity contribution in [1.82, 2.24) is 24.3 Å². The second-order valence-electron chi connectivity index (χ2n) is 9.09. The van der Waals surface area contributed by atoms with Gasteiger partial charge in [-0.1, -0.05) is 6.07 Å². The number of imidazole rings is 1. The maximum absolute atomic E-state index is 15.3. The fourth-order valence-electron chi connectivity index (χ4n) is 4.46. The minimum Gasteiger partial charge on any atom is -0.493 e. The minimum atomic E-state index is -4.85. The molecule has 5 aromatic rings. The van der Waals surface area contributed by atoms with Crippen LogP contribution in [-0.4, -0.2) is 37.3 Å². The molecule has 2 heterocycles. The molecule has 226 valence electrons. The Morgan fingerprint density at radius 2 is 1.88 bits per heavy atom. The summed E-state index contributed by atoms with van der Waals surface area (Å²) in [4.78, 5) is 28.6. The molecule has 0 saturated heterocycles. The van der Waals surface area contributed by atoms with E-state index in [4.69, 9.17) is 9.47 Å². The van der Waals surface area contributed by atoms with Gasteiger partial charge in [0.2, 0.25) is 5.91 Å². The Labute approximate surface area is 245 Å². The first kappa shape index (κ1) is 31.0. The molecule has 2 aromatic heterocycles. The van der Waals surface area contributed by atoms with Crippen LogP contribution in [0.15, 0.2) is 59.7 Å². The normalized spacial score (nSPS) is 11.3. The molecule has 0 aliphatic heterocycles. The predicted octanol–water partition coefficient (Wildman–Crippen LogP) is 5.07. The first-order chi connectivity index (χ1) is 20.0. The topological polar surface area (TPSA) is 116 Å². The van der Waals surface area contributed by atoms with Crippen LogP contribution in [0.2, 0.25) is 0 Å². The second kappa shape index (κ2) is 12.1. The largest absolute Gasteiger partial charge is 0.493 e. The molecule has 5 rings (SSSR count). The number of alkyl halides is 3. The zero-order chi connectivity index (χ0) is 30.2. The molecule has 43 heavy (non-hydrogen) atoms. The number of hydrogen-bond donors (Lipinski definition) is 2. The third-order valence-electron chi connectivity index (χ3n) is 6.33. The van der Waals surface area contributed by atoms with Crippen molar-refractivity contribution in [2.24, 2.45) is 7.05 Å². The van der Waals surface area contributed by atoms with Crippen LogP contribution in [0.3, 0.4) is 0 Å². The lowest BCUT2D eigenvalue weighted by molar-refractivity contribution is -0.137. The van der Waals surface area contributed by atoms with Crippen molar-refractivity contribution in [2.45, 2.75) is 19.3 Å². The van der Waals surface area contributed by atoms with Crippen molar-refractivity contribution in [3.8, 4) is 22.6 Å². The summed E-state index contributed by atoms with van der Waals surface area (Å²) in [5.41, 5.74) is -2.28. The third kappa shape index (κ3) is 6.30. The molecule has 0 fully saturated rings. The van der Waals surface area contributed by atoms with Crippen LogP contribution < -0.4 is 20.5 Å². The van der Waals surface area contributed by atoms with E-state index >= 15 is 4.39 Å². The zero-order valence-corrected chi connectivity index (χ0v) is 23.1. The maximum atomic E-state index is 15.3.